The van der Waals surface area contributed by atoms with Crippen molar-refractivity contribution >= 4 is 38.9 Å². The number of carbonyl (C=O) groups excluding carboxylic acids is 1. The first kappa shape index (κ1) is 15.3. The van der Waals surface area contributed by atoms with Crippen molar-refractivity contribution in [1.82, 2.24) is 4.90 Å². The first-order chi connectivity index (χ1) is 9.90. The summed E-state index contributed by atoms with van der Waals surface area (Å²) in [4.78, 5) is 13.3. The molecular formula is C15H15BrFN3O. The van der Waals surface area contributed by atoms with Crippen molar-refractivity contribution in [2.24, 2.45) is 0 Å². The summed E-state index contributed by atoms with van der Waals surface area (Å²) in [5.41, 5.74) is 7.63. The van der Waals surface area contributed by atoms with Gasteiger partial charge in [0, 0.05) is 24.1 Å². The highest BCUT2D eigenvalue weighted by molar-refractivity contribution is 9.10. The molecule has 0 saturated heterocycles. The maximum atomic E-state index is 13.8. The zero-order chi connectivity index (χ0) is 15.6. The first-order valence-electron chi connectivity index (χ1n) is 6.22. The zero-order valence-corrected chi connectivity index (χ0v) is 13.2. The third kappa shape index (κ3) is 3.33. The van der Waals surface area contributed by atoms with Gasteiger partial charge in [0.25, 0.3) is 5.91 Å². The molecule has 0 saturated carbocycles. The van der Waals surface area contributed by atoms with Gasteiger partial charge in [0.05, 0.1) is 17.1 Å². The third-order valence-electron chi connectivity index (χ3n) is 2.93. The predicted molar refractivity (Wildman–Crippen MR) is 86.3 cm³/mol. The van der Waals surface area contributed by atoms with Crippen molar-refractivity contribution < 1.29 is 9.18 Å². The zero-order valence-electron chi connectivity index (χ0n) is 11.7. The van der Waals surface area contributed by atoms with Gasteiger partial charge >= 0.3 is 0 Å². The number of nitrogen functional groups attached to an aromatic ring is 1. The molecule has 1 amide bonds. The average molecular weight is 352 g/mol. The van der Waals surface area contributed by atoms with Gasteiger partial charge in [0.2, 0.25) is 0 Å². The molecule has 0 radical (unpaired) electrons. The molecule has 110 valence electrons. The monoisotopic (exact) mass is 351 g/mol. The third-order valence-corrected chi connectivity index (χ3v) is 3.59. The molecule has 0 aliphatic carbocycles. The molecule has 4 nitrogen and oxygen atoms in total. The Bertz CT molecular complexity index is 668. The Kier molecular flexibility index (Phi) is 4.47. The number of rotatable bonds is 3. The second-order valence-corrected chi connectivity index (χ2v) is 5.58. The smallest absolute Gasteiger partial charge is 0.253 e. The molecule has 0 aliphatic rings. The van der Waals surface area contributed by atoms with Gasteiger partial charge in [0.15, 0.2) is 0 Å². The second kappa shape index (κ2) is 6.13. The molecule has 0 atom stereocenters. The number of nitrogens with zero attached hydrogens (tertiary/aromatic N) is 1. The van der Waals surface area contributed by atoms with E-state index < -0.39 is 5.82 Å². The SMILES string of the molecule is CN(C)C(=O)c1ccc(Nc2c(F)cccc2Br)c(N)c1. The Morgan fingerprint density at radius 1 is 1.29 bits per heavy atom. The van der Waals surface area contributed by atoms with Gasteiger partial charge in [0.1, 0.15) is 5.82 Å². The van der Waals surface area contributed by atoms with Crippen LogP contribution in [0.5, 0.6) is 0 Å². The van der Waals surface area contributed by atoms with E-state index in [1.165, 1.54) is 11.0 Å². The van der Waals surface area contributed by atoms with Crippen LogP contribution in [-0.4, -0.2) is 24.9 Å². The molecule has 0 spiro atoms. The molecular weight excluding hydrogens is 337 g/mol. The maximum absolute atomic E-state index is 13.8. The van der Waals surface area contributed by atoms with Crippen LogP contribution in [0.15, 0.2) is 40.9 Å². The number of para-hydroxylation sites is 1. The second-order valence-electron chi connectivity index (χ2n) is 4.72. The molecule has 3 N–H and O–H groups in total. The molecule has 2 aromatic rings. The number of hydrogen-bond acceptors (Lipinski definition) is 3. The molecule has 0 aliphatic heterocycles. The van der Waals surface area contributed by atoms with Gasteiger partial charge < -0.3 is 16.0 Å². The summed E-state index contributed by atoms with van der Waals surface area (Å²) >= 11 is 3.28. The van der Waals surface area contributed by atoms with Gasteiger partial charge in [-0.3, -0.25) is 4.79 Å². The van der Waals surface area contributed by atoms with E-state index in [0.717, 1.165) is 0 Å². The van der Waals surface area contributed by atoms with Crippen LogP contribution in [0.3, 0.4) is 0 Å². The van der Waals surface area contributed by atoms with Gasteiger partial charge in [-0.05, 0) is 46.3 Å². The minimum atomic E-state index is -0.391. The van der Waals surface area contributed by atoms with E-state index in [2.05, 4.69) is 21.2 Å². The predicted octanol–water partition coefficient (Wildman–Crippen LogP) is 3.62. The summed E-state index contributed by atoms with van der Waals surface area (Å²) < 4.78 is 14.4. The lowest BCUT2D eigenvalue weighted by Crippen LogP contribution is -2.21. The highest BCUT2D eigenvalue weighted by atomic mass is 79.9. The lowest BCUT2D eigenvalue weighted by molar-refractivity contribution is 0.0827. The highest BCUT2D eigenvalue weighted by Gasteiger charge is 2.12. The first-order valence-corrected chi connectivity index (χ1v) is 7.01. The molecule has 0 aromatic heterocycles. The van der Waals surface area contributed by atoms with E-state index in [1.807, 2.05) is 0 Å². The van der Waals surface area contributed by atoms with Gasteiger partial charge in [-0.15, -0.1) is 0 Å². The lowest BCUT2D eigenvalue weighted by Gasteiger charge is -2.14. The van der Waals surface area contributed by atoms with E-state index >= 15 is 0 Å². The summed E-state index contributed by atoms with van der Waals surface area (Å²) in [7, 11) is 3.34. The van der Waals surface area contributed by atoms with Crippen LogP contribution in [-0.2, 0) is 0 Å². The summed E-state index contributed by atoms with van der Waals surface area (Å²) in [5.74, 6) is -0.530. The van der Waals surface area contributed by atoms with Crippen LogP contribution in [0.25, 0.3) is 0 Å². The fourth-order valence-electron chi connectivity index (χ4n) is 1.82. The molecule has 0 unspecified atom stereocenters. The molecule has 2 rings (SSSR count). The van der Waals surface area contributed by atoms with E-state index in [1.54, 1.807) is 44.4 Å². The van der Waals surface area contributed by atoms with E-state index in [-0.39, 0.29) is 5.91 Å². The van der Waals surface area contributed by atoms with Crippen molar-refractivity contribution in [1.29, 1.82) is 0 Å². The molecule has 6 heteroatoms. The van der Waals surface area contributed by atoms with Gasteiger partial charge in [-0.25, -0.2) is 4.39 Å². The van der Waals surface area contributed by atoms with Crippen molar-refractivity contribution in [2.45, 2.75) is 0 Å². The van der Waals surface area contributed by atoms with Crippen LogP contribution in [0.4, 0.5) is 21.5 Å². The fraction of sp³-hybridized carbons (Fsp3) is 0.133. The Morgan fingerprint density at radius 2 is 2.00 bits per heavy atom. The van der Waals surface area contributed by atoms with Crippen LogP contribution >= 0.6 is 15.9 Å². The number of anilines is 3. The quantitative estimate of drug-likeness (QED) is 0.830. The number of nitrogens with two attached hydrogens (primary N) is 1. The topological polar surface area (TPSA) is 58.4 Å². The molecule has 2 aromatic carbocycles. The summed E-state index contributed by atoms with van der Waals surface area (Å²) in [5, 5.41) is 2.93. The molecule has 21 heavy (non-hydrogen) atoms. The largest absolute Gasteiger partial charge is 0.397 e. The highest BCUT2D eigenvalue weighted by Crippen LogP contribution is 2.31. The van der Waals surface area contributed by atoms with Crippen LogP contribution in [0, 0.1) is 5.82 Å². The van der Waals surface area contributed by atoms with Crippen LogP contribution in [0.1, 0.15) is 10.4 Å². The molecule has 0 bridgehead atoms. The van der Waals surface area contributed by atoms with Gasteiger partial charge in [-0.1, -0.05) is 6.07 Å². The summed E-state index contributed by atoms with van der Waals surface area (Å²) in [6, 6.07) is 9.56. The van der Waals surface area contributed by atoms with E-state index in [9.17, 15) is 9.18 Å². The molecule has 0 heterocycles. The van der Waals surface area contributed by atoms with E-state index in [0.29, 0.717) is 27.1 Å². The number of benzene rings is 2. The molecule has 0 fully saturated rings. The summed E-state index contributed by atoms with van der Waals surface area (Å²) in [6.45, 7) is 0. The average Bonchev–Trinajstić information content (AvgIpc) is 2.43. The Morgan fingerprint density at radius 3 is 2.57 bits per heavy atom. The Hall–Kier alpha value is -2.08. The minimum Gasteiger partial charge on any atom is -0.397 e. The Balaban J connectivity index is 2.32. The summed E-state index contributed by atoms with van der Waals surface area (Å²) in [6.07, 6.45) is 0. The van der Waals surface area contributed by atoms with Crippen molar-refractivity contribution in [3.05, 3.63) is 52.3 Å². The lowest BCUT2D eigenvalue weighted by atomic mass is 10.1. The Labute approximate surface area is 130 Å². The van der Waals surface area contributed by atoms with Crippen molar-refractivity contribution in [3.63, 3.8) is 0 Å². The number of hydrogen-bond donors (Lipinski definition) is 2. The minimum absolute atomic E-state index is 0.139. The van der Waals surface area contributed by atoms with Crippen molar-refractivity contribution in [2.75, 3.05) is 25.1 Å². The fourth-order valence-corrected chi connectivity index (χ4v) is 2.26. The normalized spacial score (nSPS) is 10.3. The maximum Gasteiger partial charge on any atom is 0.253 e. The standard InChI is InChI=1S/C15H15BrFN3O/c1-20(2)15(21)9-6-7-13(12(18)8-9)19-14-10(16)4-3-5-11(14)17/h3-8,19H,18H2,1-2H3. The number of amides is 1. The van der Waals surface area contributed by atoms with Crippen LogP contribution in [0.2, 0.25) is 0 Å². The van der Waals surface area contributed by atoms with Gasteiger partial charge in [-0.2, -0.15) is 0 Å². The number of nitrogens with one attached hydrogen (secondary N) is 1. The number of halogens is 2. The van der Waals surface area contributed by atoms with Crippen molar-refractivity contribution in [3.8, 4) is 0 Å². The van der Waals surface area contributed by atoms with Crippen LogP contribution < -0.4 is 11.1 Å². The van der Waals surface area contributed by atoms with E-state index in [4.69, 9.17) is 5.73 Å². The number of carbonyl (C=O) groups is 1.